The highest BCUT2D eigenvalue weighted by molar-refractivity contribution is 9.10. The van der Waals surface area contributed by atoms with Crippen LogP contribution in [-0.4, -0.2) is 19.0 Å². The van der Waals surface area contributed by atoms with Gasteiger partial charge >= 0.3 is 0 Å². The smallest absolute Gasteiger partial charge is 0.252 e. The zero-order chi connectivity index (χ0) is 13.4. The number of carbonyl (C=O) groups excluding carboxylic acids is 1. The Morgan fingerprint density at radius 3 is 2.94 bits per heavy atom. The summed E-state index contributed by atoms with van der Waals surface area (Å²) in [5.41, 5.74) is 8.46. The Balaban J connectivity index is 2.38. The van der Waals surface area contributed by atoms with Crippen LogP contribution in [0.4, 0.5) is 4.39 Å². The van der Waals surface area contributed by atoms with Crippen LogP contribution in [-0.2, 0) is 0 Å². The molecule has 0 saturated carbocycles. The molecule has 1 rings (SSSR count). The number of amides is 1. The molecule has 0 aliphatic rings. The quantitative estimate of drug-likeness (QED) is 0.371. The second-order valence-electron chi connectivity index (χ2n) is 3.54. The lowest BCUT2D eigenvalue weighted by Crippen LogP contribution is -2.24. The number of halogens is 2. The Labute approximate surface area is 112 Å². The summed E-state index contributed by atoms with van der Waals surface area (Å²) in [6.07, 6.45) is 1.44. The summed E-state index contributed by atoms with van der Waals surface area (Å²) in [6.45, 7) is 0.913. The predicted molar refractivity (Wildman–Crippen MR) is 69.7 cm³/mol. The van der Waals surface area contributed by atoms with Crippen molar-refractivity contribution in [3.8, 4) is 0 Å². The van der Waals surface area contributed by atoms with E-state index in [1.807, 2.05) is 0 Å². The molecule has 0 aromatic heterocycles. The topological polar surface area (TPSA) is 77.9 Å². The van der Waals surface area contributed by atoms with Gasteiger partial charge in [0.1, 0.15) is 5.82 Å². The Hall–Kier alpha value is -1.59. The van der Waals surface area contributed by atoms with Crippen molar-refractivity contribution in [3.05, 3.63) is 44.5 Å². The first-order chi connectivity index (χ1) is 8.65. The highest BCUT2D eigenvalue weighted by Crippen LogP contribution is 2.17. The SMILES string of the molecule is [N-]=[N+]=NCCCCNC(=O)c1ccc(F)cc1Br. The Morgan fingerprint density at radius 1 is 1.50 bits per heavy atom. The van der Waals surface area contributed by atoms with Gasteiger partial charge in [-0.1, -0.05) is 5.11 Å². The summed E-state index contributed by atoms with van der Waals surface area (Å²) in [7, 11) is 0. The molecule has 1 N–H and O–H groups in total. The molecule has 1 aromatic rings. The van der Waals surface area contributed by atoms with Crippen LogP contribution in [0.25, 0.3) is 10.4 Å². The van der Waals surface area contributed by atoms with Crippen molar-refractivity contribution in [1.82, 2.24) is 5.32 Å². The molecule has 0 saturated heterocycles. The van der Waals surface area contributed by atoms with Gasteiger partial charge in [0.2, 0.25) is 0 Å². The summed E-state index contributed by atoms with van der Waals surface area (Å²) in [6, 6.07) is 3.91. The summed E-state index contributed by atoms with van der Waals surface area (Å²) in [5.74, 6) is -0.654. The van der Waals surface area contributed by atoms with Gasteiger partial charge < -0.3 is 5.32 Å². The molecule has 1 aromatic carbocycles. The lowest BCUT2D eigenvalue weighted by molar-refractivity contribution is 0.0952. The van der Waals surface area contributed by atoms with Crippen LogP contribution >= 0.6 is 15.9 Å². The summed E-state index contributed by atoms with van der Waals surface area (Å²) >= 11 is 3.13. The van der Waals surface area contributed by atoms with E-state index in [9.17, 15) is 9.18 Å². The van der Waals surface area contributed by atoms with E-state index in [4.69, 9.17) is 5.53 Å². The number of carbonyl (C=O) groups is 1. The zero-order valence-electron chi connectivity index (χ0n) is 9.57. The standard InChI is InChI=1S/C11H12BrFN4O/c12-10-7-8(13)3-4-9(10)11(18)15-5-1-2-6-16-17-14/h3-4,7H,1-2,5-6H2,(H,15,18). The molecule has 0 unspecified atom stereocenters. The fourth-order valence-electron chi connectivity index (χ4n) is 1.32. The maximum absolute atomic E-state index is 12.8. The van der Waals surface area contributed by atoms with E-state index in [0.29, 0.717) is 23.1 Å². The Bertz CT molecular complexity index is 474. The van der Waals surface area contributed by atoms with Gasteiger partial charge in [0.05, 0.1) is 5.56 Å². The molecular weight excluding hydrogens is 303 g/mol. The van der Waals surface area contributed by atoms with E-state index < -0.39 is 5.82 Å². The minimum absolute atomic E-state index is 0.259. The van der Waals surface area contributed by atoms with Gasteiger partial charge in [0.15, 0.2) is 0 Å². The molecular formula is C11H12BrFN4O. The summed E-state index contributed by atoms with van der Waals surface area (Å²) in [5, 5.41) is 6.10. The van der Waals surface area contributed by atoms with Gasteiger partial charge in [0, 0.05) is 22.5 Å². The molecule has 0 radical (unpaired) electrons. The molecule has 1 amide bonds. The lowest BCUT2D eigenvalue weighted by atomic mass is 10.2. The number of nitrogens with one attached hydrogen (secondary N) is 1. The van der Waals surface area contributed by atoms with E-state index >= 15 is 0 Å². The lowest BCUT2D eigenvalue weighted by Gasteiger charge is -2.06. The summed E-state index contributed by atoms with van der Waals surface area (Å²) < 4.78 is 13.3. The fourth-order valence-corrected chi connectivity index (χ4v) is 1.85. The third kappa shape index (κ3) is 4.73. The van der Waals surface area contributed by atoms with Crippen LogP contribution in [0.5, 0.6) is 0 Å². The molecule has 0 bridgehead atoms. The number of nitrogens with zero attached hydrogens (tertiary/aromatic N) is 3. The van der Waals surface area contributed by atoms with E-state index in [-0.39, 0.29) is 5.91 Å². The first-order valence-corrected chi connectivity index (χ1v) is 6.18. The number of azide groups is 1. The minimum Gasteiger partial charge on any atom is -0.352 e. The number of rotatable bonds is 6. The van der Waals surface area contributed by atoms with Gasteiger partial charge in [0.25, 0.3) is 5.91 Å². The molecule has 96 valence electrons. The van der Waals surface area contributed by atoms with Crippen LogP contribution in [0.15, 0.2) is 27.8 Å². The van der Waals surface area contributed by atoms with Gasteiger partial charge in [-0.3, -0.25) is 4.79 Å². The van der Waals surface area contributed by atoms with Crippen LogP contribution in [0.2, 0.25) is 0 Å². The molecule has 7 heteroatoms. The zero-order valence-corrected chi connectivity index (χ0v) is 11.2. The molecule has 0 aliphatic carbocycles. The second-order valence-corrected chi connectivity index (χ2v) is 4.40. The largest absolute Gasteiger partial charge is 0.352 e. The van der Waals surface area contributed by atoms with Crippen molar-refractivity contribution in [2.75, 3.05) is 13.1 Å². The third-order valence-corrected chi connectivity index (χ3v) is 2.87. The van der Waals surface area contributed by atoms with Gasteiger partial charge in [-0.2, -0.15) is 0 Å². The number of hydrogen-bond donors (Lipinski definition) is 1. The van der Waals surface area contributed by atoms with E-state index in [1.54, 1.807) is 0 Å². The third-order valence-electron chi connectivity index (χ3n) is 2.21. The van der Waals surface area contributed by atoms with Crippen molar-refractivity contribution in [2.24, 2.45) is 5.11 Å². The van der Waals surface area contributed by atoms with Crippen LogP contribution in [0.3, 0.4) is 0 Å². The van der Waals surface area contributed by atoms with Gasteiger partial charge in [-0.25, -0.2) is 4.39 Å². The molecule has 0 aliphatic heterocycles. The van der Waals surface area contributed by atoms with E-state index in [1.165, 1.54) is 18.2 Å². The van der Waals surface area contributed by atoms with Crippen molar-refractivity contribution in [1.29, 1.82) is 0 Å². The highest BCUT2D eigenvalue weighted by atomic mass is 79.9. The van der Waals surface area contributed by atoms with E-state index in [0.717, 1.165) is 12.8 Å². The van der Waals surface area contributed by atoms with Crippen molar-refractivity contribution in [3.63, 3.8) is 0 Å². The first-order valence-electron chi connectivity index (χ1n) is 5.39. The van der Waals surface area contributed by atoms with Crippen LogP contribution in [0.1, 0.15) is 23.2 Å². The van der Waals surface area contributed by atoms with Crippen molar-refractivity contribution >= 4 is 21.8 Å². The monoisotopic (exact) mass is 314 g/mol. The average Bonchev–Trinajstić information content (AvgIpc) is 2.33. The number of benzene rings is 1. The number of hydrogen-bond acceptors (Lipinski definition) is 2. The molecule has 0 heterocycles. The van der Waals surface area contributed by atoms with Crippen LogP contribution < -0.4 is 5.32 Å². The first kappa shape index (κ1) is 14.5. The highest BCUT2D eigenvalue weighted by Gasteiger charge is 2.09. The second kappa shape index (κ2) is 7.68. The summed E-state index contributed by atoms with van der Waals surface area (Å²) in [4.78, 5) is 14.4. The molecule has 18 heavy (non-hydrogen) atoms. The van der Waals surface area contributed by atoms with Gasteiger partial charge in [-0.05, 0) is 52.5 Å². The minimum atomic E-state index is -0.396. The van der Waals surface area contributed by atoms with Gasteiger partial charge in [-0.15, -0.1) is 0 Å². The molecule has 5 nitrogen and oxygen atoms in total. The fraction of sp³-hybridized carbons (Fsp3) is 0.364. The Kier molecular flexibility index (Phi) is 6.18. The van der Waals surface area contributed by atoms with Crippen molar-refractivity contribution < 1.29 is 9.18 Å². The van der Waals surface area contributed by atoms with E-state index in [2.05, 4.69) is 31.3 Å². The molecule has 0 atom stereocenters. The maximum atomic E-state index is 12.8. The normalized spacial score (nSPS) is 9.67. The number of unbranched alkanes of at least 4 members (excludes halogenated alkanes) is 1. The van der Waals surface area contributed by atoms with Crippen LogP contribution in [0, 0.1) is 5.82 Å². The average molecular weight is 315 g/mol. The molecule has 0 fully saturated rings. The van der Waals surface area contributed by atoms with Crippen molar-refractivity contribution in [2.45, 2.75) is 12.8 Å². The molecule has 0 spiro atoms. The predicted octanol–water partition coefficient (Wildman–Crippen LogP) is 3.41. The maximum Gasteiger partial charge on any atom is 0.252 e. The Morgan fingerprint density at radius 2 is 2.28 bits per heavy atom.